The first kappa shape index (κ1) is 12.4. The first-order valence-electron chi connectivity index (χ1n) is 6.14. The number of rotatable bonds is 4. The van der Waals surface area contributed by atoms with E-state index in [-0.39, 0.29) is 5.91 Å². The number of amides is 1. The molecule has 0 heterocycles. The third-order valence-electron chi connectivity index (χ3n) is 2.75. The number of carbonyl (C=O) groups is 1. The normalized spacial score (nSPS) is 12.1. The molecule has 1 amide bonds. The average Bonchev–Trinajstić information content (AvgIpc) is 2.39. The van der Waals surface area contributed by atoms with Crippen LogP contribution in [-0.2, 0) is 4.79 Å². The van der Waals surface area contributed by atoms with Crippen LogP contribution in [0, 0.1) is 0 Å². The van der Waals surface area contributed by atoms with E-state index in [9.17, 15) is 4.79 Å². The molecule has 94 valence electrons. The number of likely N-dealkylation sites (N-methyl/N-ethyl adjacent to an activating group) is 1. The molecule has 0 aliphatic rings. The summed E-state index contributed by atoms with van der Waals surface area (Å²) in [5.41, 5.74) is 0. The van der Waals surface area contributed by atoms with Gasteiger partial charge in [0.25, 0.3) is 5.91 Å². The SMILES string of the molecule is CCNC(=O)[C@H](C)Oc1ccc2ccccc2c1. The Morgan fingerprint density at radius 2 is 1.94 bits per heavy atom. The Balaban J connectivity index is 2.14. The molecule has 0 saturated carbocycles. The van der Waals surface area contributed by atoms with Crippen LogP contribution >= 0.6 is 0 Å². The lowest BCUT2D eigenvalue weighted by atomic mass is 10.1. The highest BCUT2D eigenvalue weighted by Gasteiger charge is 2.13. The van der Waals surface area contributed by atoms with Crippen LogP contribution in [0.3, 0.4) is 0 Å². The van der Waals surface area contributed by atoms with Crippen molar-refractivity contribution in [3.8, 4) is 5.75 Å². The maximum atomic E-state index is 11.6. The molecule has 0 aliphatic heterocycles. The number of hydrogen-bond donors (Lipinski definition) is 1. The summed E-state index contributed by atoms with van der Waals surface area (Å²) in [5.74, 6) is 0.623. The minimum Gasteiger partial charge on any atom is -0.481 e. The van der Waals surface area contributed by atoms with E-state index in [2.05, 4.69) is 5.32 Å². The van der Waals surface area contributed by atoms with Crippen LogP contribution in [0.4, 0.5) is 0 Å². The van der Waals surface area contributed by atoms with Crippen LogP contribution in [-0.4, -0.2) is 18.6 Å². The zero-order valence-electron chi connectivity index (χ0n) is 10.6. The molecule has 0 bridgehead atoms. The van der Waals surface area contributed by atoms with Crippen LogP contribution < -0.4 is 10.1 Å². The summed E-state index contributed by atoms with van der Waals surface area (Å²) in [6.07, 6.45) is -0.480. The fourth-order valence-corrected chi connectivity index (χ4v) is 1.82. The largest absolute Gasteiger partial charge is 0.481 e. The molecule has 0 fully saturated rings. The van der Waals surface area contributed by atoms with Crippen molar-refractivity contribution in [3.05, 3.63) is 42.5 Å². The van der Waals surface area contributed by atoms with E-state index in [1.165, 1.54) is 0 Å². The first-order chi connectivity index (χ1) is 8.70. The van der Waals surface area contributed by atoms with Crippen molar-refractivity contribution in [3.63, 3.8) is 0 Å². The molecule has 1 N–H and O–H groups in total. The molecule has 1 atom stereocenters. The summed E-state index contributed by atoms with van der Waals surface area (Å²) >= 11 is 0. The Bertz CT molecular complexity index is 551. The molecule has 0 aliphatic carbocycles. The Morgan fingerprint density at radius 3 is 2.67 bits per heavy atom. The molecule has 3 nitrogen and oxygen atoms in total. The van der Waals surface area contributed by atoms with Gasteiger partial charge >= 0.3 is 0 Å². The van der Waals surface area contributed by atoms with E-state index in [1.54, 1.807) is 6.92 Å². The van der Waals surface area contributed by atoms with Crippen molar-refractivity contribution in [2.45, 2.75) is 20.0 Å². The molecule has 2 aromatic carbocycles. The molecule has 0 unspecified atom stereocenters. The number of nitrogens with one attached hydrogen (secondary N) is 1. The number of benzene rings is 2. The van der Waals surface area contributed by atoms with Crippen molar-refractivity contribution >= 4 is 16.7 Å². The second-order valence-electron chi connectivity index (χ2n) is 4.16. The van der Waals surface area contributed by atoms with Crippen LogP contribution in [0.15, 0.2) is 42.5 Å². The van der Waals surface area contributed by atoms with Gasteiger partial charge in [0.2, 0.25) is 0 Å². The highest BCUT2D eigenvalue weighted by molar-refractivity contribution is 5.84. The molecule has 3 heteroatoms. The van der Waals surface area contributed by atoms with E-state index in [4.69, 9.17) is 4.74 Å². The van der Waals surface area contributed by atoms with E-state index < -0.39 is 6.10 Å². The first-order valence-corrected chi connectivity index (χ1v) is 6.14. The monoisotopic (exact) mass is 243 g/mol. The van der Waals surface area contributed by atoms with E-state index in [0.29, 0.717) is 12.3 Å². The quantitative estimate of drug-likeness (QED) is 0.896. The van der Waals surface area contributed by atoms with Crippen LogP contribution in [0.25, 0.3) is 10.8 Å². The molecule has 2 rings (SSSR count). The standard InChI is InChI=1S/C15H17NO2/c1-3-16-15(17)11(2)18-14-9-8-12-6-4-5-7-13(12)10-14/h4-11H,3H2,1-2H3,(H,16,17)/t11-/m0/s1. The lowest BCUT2D eigenvalue weighted by molar-refractivity contribution is -0.127. The summed E-state index contributed by atoms with van der Waals surface area (Å²) in [6.45, 7) is 4.26. The maximum absolute atomic E-state index is 11.6. The van der Waals surface area contributed by atoms with Crippen molar-refractivity contribution in [1.29, 1.82) is 0 Å². The number of fused-ring (bicyclic) bond motifs is 1. The van der Waals surface area contributed by atoms with Gasteiger partial charge in [-0.05, 0) is 36.8 Å². The molecular formula is C15H17NO2. The van der Waals surface area contributed by atoms with Crippen LogP contribution in [0.2, 0.25) is 0 Å². The van der Waals surface area contributed by atoms with Gasteiger partial charge in [-0.1, -0.05) is 30.3 Å². The smallest absolute Gasteiger partial charge is 0.260 e. The molecule has 0 radical (unpaired) electrons. The summed E-state index contributed by atoms with van der Waals surface area (Å²) in [5, 5.41) is 5.01. The van der Waals surface area contributed by atoms with Gasteiger partial charge in [-0.3, -0.25) is 4.79 Å². The van der Waals surface area contributed by atoms with Crippen molar-refractivity contribution in [2.24, 2.45) is 0 Å². The average molecular weight is 243 g/mol. The molecule has 18 heavy (non-hydrogen) atoms. The lowest BCUT2D eigenvalue weighted by Crippen LogP contribution is -2.36. The van der Waals surface area contributed by atoms with Gasteiger partial charge in [-0.15, -0.1) is 0 Å². The van der Waals surface area contributed by atoms with E-state index in [1.807, 2.05) is 49.4 Å². The summed E-state index contributed by atoms with van der Waals surface area (Å²) < 4.78 is 5.62. The van der Waals surface area contributed by atoms with Gasteiger partial charge in [0.05, 0.1) is 0 Å². The van der Waals surface area contributed by atoms with Crippen molar-refractivity contribution in [2.75, 3.05) is 6.54 Å². The van der Waals surface area contributed by atoms with Crippen molar-refractivity contribution in [1.82, 2.24) is 5.32 Å². The predicted octanol–water partition coefficient (Wildman–Crippen LogP) is 2.74. The fourth-order valence-electron chi connectivity index (χ4n) is 1.82. The number of carbonyl (C=O) groups excluding carboxylic acids is 1. The van der Waals surface area contributed by atoms with Gasteiger partial charge in [-0.2, -0.15) is 0 Å². The van der Waals surface area contributed by atoms with Crippen molar-refractivity contribution < 1.29 is 9.53 Å². The highest BCUT2D eigenvalue weighted by atomic mass is 16.5. The lowest BCUT2D eigenvalue weighted by Gasteiger charge is -2.14. The fraction of sp³-hybridized carbons (Fsp3) is 0.267. The number of ether oxygens (including phenoxy) is 1. The Labute approximate surface area is 107 Å². The number of hydrogen-bond acceptors (Lipinski definition) is 2. The highest BCUT2D eigenvalue weighted by Crippen LogP contribution is 2.21. The molecular weight excluding hydrogens is 226 g/mol. The molecule has 0 spiro atoms. The van der Waals surface area contributed by atoms with E-state index >= 15 is 0 Å². The minimum absolute atomic E-state index is 0.0920. The Morgan fingerprint density at radius 1 is 1.22 bits per heavy atom. The molecule has 2 aromatic rings. The van der Waals surface area contributed by atoms with E-state index in [0.717, 1.165) is 10.8 Å². The van der Waals surface area contributed by atoms with Gasteiger partial charge in [0.1, 0.15) is 5.75 Å². The third-order valence-corrected chi connectivity index (χ3v) is 2.75. The Hall–Kier alpha value is -2.03. The predicted molar refractivity (Wildman–Crippen MR) is 72.7 cm³/mol. The minimum atomic E-state index is -0.480. The van der Waals surface area contributed by atoms with Gasteiger partial charge in [0.15, 0.2) is 6.10 Å². The maximum Gasteiger partial charge on any atom is 0.260 e. The molecule has 0 aromatic heterocycles. The Kier molecular flexibility index (Phi) is 3.82. The van der Waals surface area contributed by atoms with Crippen LogP contribution in [0.5, 0.6) is 5.75 Å². The summed E-state index contributed by atoms with van der Waals surface area (Å²) in [6, 6.07) is 13.9. The van der Waals surface area contributed by atoms with Crippen LogP contribution in [0.1, 0.15) is 13.8 Å². The van der Waals surface area contributed by atoms with Gasteiger partial charge in [0, 0.05) is 6.54 Å². The van der Waals surface area contributed by atoms with Gasteiger partial charge < -0.3 is 10.1 Å². The zero-order chi connectivity index (χ0) is 13.0. The third kappa shape index (κ3) is 2.80. The molecule has 0 saturated heterocycles. The second-order valence-corrected chi connectivity index (χ2v) is 4.16. The van der Waals surface area contributed by atoms with Gasteiger partial charge in [-0.25, -0.2) is 0 Å². The zero-order valence-corrected chi connectivity index (χ0v) is 10.6. The summed E-state index contributed by atoms with van der Waals surface area (Å²) in [4.78, 5) is 11.6. The summed E-state index contributed by atoms with van der Waals surface area (Å²) in [7, 11) is 0. The topological polar surface area (TPSA) is 38.3 Å². The second kappa shape index (κ2) is 5.54.